The number of amides is 2. The molecule has 10 atom stereocenters. The molecule has 5 aliphatic rings. The molecule has 4 N–H and O–H groups in total. The van der Waals surface area contributed by atoms with E-state index in [4.69, 9.17) is 0 Å². The van der Waals surface area contributed by atoms with Crippen LogP contribution >= 0.6 is 0 Å². The largest absolute Gasteiger partial charge is 0.507 e. The Bertz CT molecular complexity index is 1120. The number of hydrogen-bond acceptors (Lipinski definition) is 6. The summed E-state index contributed by atoms with van der Waals surface area (Å²) in [5, 5.41) is 26.3. The van der Waals surface area contributed by atoms with Crippen molar-refractivity contribution in [3.8, 4) is 0 Å². The van der Waals surface area contributed by atoms with Gasteiger partial charge in [0, 0.05) is 12.5 Å². The molecule has 2 bridgehead atoms. The van der Waals surface area contributed by atoms with Gasteiger partial charge in [0.25, 0.3) is 5.91 Å². The van der Waals surface area contributed by atoms with Gasteiger partial charge in [-0.25, -0.2) is 0 Å². The van der Waals surface area contributed by atoms with Crippen molar-refractivity contribution in [2.24, 2.45) is 47.3 Å². The zero-order valence-corrected chi connectivity index (χ0v) is 21.3. The minimum Gasteiger partial charge on any atom is -0.507 e. The monoisotopic (exact) mass is 508 g/mol. The number of rotatable bonds is 1. The van der Waals surface area contributed by atoms with Crippen LogP contribution in [0.15, 0.2) is 47.8 Å². The minimum atomic E-state index is -1.18. The molecule has 0 aromatic carbocycles. The molecule has 3 fully saturated rings. The van der Waals surface area contributed by atoms with E-state index >= 15 is 0 Å². The van der Waals surface area contributed by atoms with Crippen LogP contribution in [0, 0.1) is 47.3 Å². The normalized spacial score (nSPS) is 43.5. The number of carbonyl (C=O) groups is 4. The van der Waals surface area contributed by atoms with E-state index in [0.717, 1.165) is 12.8 Å². The molecule has 5 rings (SSSR count). The first-order valence-corrected chi connectivity index (χ1v) is 13.4. The molecule has 37 heavy (non-hydrogen) atoms. The van der Waals surface area contributed by atoms with Gasteiger partial charge in [0.1, 0.15) is 23.2 Å². The van der Waals surface area contributed by atoms with Crippen molar-refractivity contribution in [2.75, 3.05) is 6.54 Å². The van der Waals surface area contributed by atoms with E-state index in [1.54, 1.807) is 6.92 Å². The second-order valence-electron chi connectivity index (χ2n) is 11.5. The number of nitrogens with one attached hydrogen (secondary N) is 2. The number of aliphatic hydroxyl groups excluding tert-OH is 2. The van der Waals surface area contributed by atoms with Crippen LogP contribution in [0.4, 0.5) is 0 Å². The number of carbonyl (C=O) groups excluding carboxylic acids is 4. The quantitative estimate of drug-likeness (QED) is 0.317. The predicted octanol–water partition coefficient (Wildman–Crippen LogP) is 2.16. The predicted molar refractivity (Wildman–Crippen MR) is 136 cm³/mol. The smallest absolute Gasteiger partial charge is 0.259 e. The van der Waals surface area contributed by atoms with Crippen molar-refractivity contribution in [1.29, 1.82) is 0 Å². The van der Waals surface area contributed by atoms with Crippen LogP contribution in [0.2, 0.25) is 0 Å². The summed E-state index contributed by atoms with van der Waals surface area (Å²) in [5.74, 6) is 0.217. The molecule has 0 radical (unpaired) electrons. The maximum Gasteiger partial charge on any atom is 0.259 e. The maximum absolute atomic E-state index is 12.8. The van der Waals surface area contributed by atoms with Gasteiger partial charge in [0.2, 0.25) is 5.91 Å². The zero-order valence-electron chi connectivity index (χ0n) is 21.3. The highest BCUT2D eigenvalue weighted by molar-refractivity contribution is 6.27. The highest BCUT2D eigenvalue weighted by Crippen LogP contribution is 2.58. The summed E-state index contributed by atoms with van der Waals surface area (Å²) < 4.78 is 0. The van der Waals surface area contributed by atoms with Crippen LogP contribution in [0.5, 0.6) is 0 Å². The molecule has 8 heteroatoms. The van der Waals surface area contributed by atoms with E-state index < -0.39 is 23.8 Å². The Morgan fingerprint density at radius 3 is 2.49 bits per heavy atom. The number of hydrogen-bond donors (Lipinski definition) is 4. The fourth-order valence-corrected chi connectivity index (χ4v) is 7.84. The van der Waals surface area contributed by atoms with Crippen molar-refractivity contribution in [1.82, 2.24) is 10.6 Å². The molecule has 8 nitrogen and oxygen atoms in total. The van der Waals surface area contributed by atoms with Gasteiger partial charge >= 0.3 is 0 Å². The minimum absolute atomic E-state index is 0.0530. The topological polar surface area (TPSA) is 133 Å². The second-order valence-corrected chi connectivity index (χ2v) is 11.5. The van der Waals surface area contributed by atoms with Crippen molar-refractivity contribution < 1.29 is 29.4 Å². The molecule has 0 spiro atoms. The number of allylic oxidation sites excluding steroid dienone is 5. The molecule has 0 aromatic rings. The Morgan fingerprint density at radius 2 is 1.73 bits per heavy atom. The van der Waals surface area contributed by atoms with Gasteiger partial charge in [0.15, 0.2) is 5.78 Å². The first-order valence-electron chi connectivity index (χ1n) is 13.4. The molecular weight excluding hydrogens is 472 g/mol. The van der Waals surface area contributed by atoms with Crippen LogP contribution < -0.4 is 10.6 Å². The molecule has 0 unspecified atom stereocenters. The highest BCUT2D eigenvalue weighted by atomic mass is 16.3. The van der Waals surface area contributed by atoms with E-state index in [1.165, 1.54) is 12.2 Å². The van der Waals surface area contributed by atoms with Gasteiger partial charge in [-0.2, -0.15) is 0 Å². The Hall–Kier alpha value is -3.00. The molecule has 0 aromatic heterocycles. The first kappa shape index (κ1) is 25.6. The van der Waals surface area contributed by atoms with E-state index in [9.17, 15) is 29.4 Å². The van der Waals surface area contributed by atoms with Crippen LogP contribution in [0.1, 0.15) is 39.5 Å². The average molecular weight is 509 g/mol. The Morgan fingerprint density at radius 1 is 1.00 bits per heavy atom. The summed E-state index contributed by atoms with van der Waals surface area (Å²) in [6.45, 7) is 4.01. The van der Waals surface area contributed by atoms with Crippen LogP contribution in [-0.2, 0) is 19.2 Å². The zero-order chi connectivity index (χ0) is 26.4. The lowest BCUT2D eigenvalue weighted by Crippen LogP contribution is -2.42. The molecule has 3 aliphatic carbocycles. The Labute approximate surface area is 217 Å². The molecule has 2 heterocycles. The lowest BCUT2D eigenvalue weighted by molar-refractivity contribution is -0.123. The number of fused-ring (bicyclic) bond motifs is 7. The third kappa shape index (κ3) is 4.60. The van der Waals surface area contributed by atoms with Gasteiger partial charge in [-0.1, -0.05) is 31.2 Å². The van der Waals surface area contributed by atoms with Gasteiger partial charge in [-0.3, -0.25) is 19.2 Å². The lowest BCUT2D eigenvalue weighted by atomic mass is 9.69. The number of Topliss-reactive ketones (excluding diaryl/α,β-unsaturated/α-hetero) is 2. The maximum atomic E-state index is 12.8. The second kappa shape index (κ2) is 10.0. The van der Waals surface area contributed by atoms with Gasteiger partial charge in [-0.05, 0) is 86.2 Å². The standard InChI is InChI=1S/C29H36N2O6/c1-14-12-20-19(25(14)15(2)32)8-7-18-17-4-3-5-24(35)30-11-10-23(34)27-28(36)26(29(37)31-27)22(33)9-6-16(17)13-21(18)20/h3,5-9,14,16-21,23,25,27,33-34H,4,10-13H2,1-2H3,(H,30,35)(H,31,37)/b5-3-,9-6+,26-22?/t14-,16-,17+,18-,19-,20+,21+,23-,25+,27+/m1/s1. The summed E-state index contributed by atoms with van der Waals surface area (Å²) in [5.41, 5.74) is -0.336. The van der Waals surface area contributed by atoms with E-state index in [-0.39, 0.29) is 65.6 Å². The summed E-state index contributed by atoms with van der Waals surface area (Å²) in [7, 11) is 0. The lowest BCUT2D eigenvalue weighted by Gasteiger charge is -2.35. The van der Waals surface area contributed by atoms with Gasteiger partial charge in [-0.15, -0.1) is 0 Å². The van der Waals surface area contributed by atoms with Crippen molar-refractivity contribution in [3.63, 3.8) is 0 Å². The summed E-state index contributed by atoms with van der Waals surface area (Å²) in [6, 6.07) is -1.15. The van der Waals surface area contributed by atoms with Crippen molar-refractivity contribution >= 4 is 23.4 Å². The first-order chi connectivity index (χ1) is 17.7. The SMILES string of the molecule is CC(=O)[C@H]1[C@@H]2C=C[C@@H]3[C@H]4C/C=C\C(=O)NCC[C@@H](O)[C@@H]5NC(=O)C(=C(O)/C=C/[C@@H]4C[C@@H]3[C@H]2C[C@H]1C)C5=O. The molecule has 2 saturated carbocycles. The fourth-order valence-electron chi connectivity index (χ4n) is 7.84. The summed E-state index contributed by atoms with van der Waals surface area (Å²) in [4.78, 5) is 50.1. The average Bonchev–Trinajstić information content (AvgIpc) is 3.47. The number of ketones is 2. The van der Waals surface area contributed by atoms with E-state index in [2.05, 4.69) is 29.7 Å². The Balaban J connectivity index is 1.47. The summed E-state index contributed by atoms with van der Waals surface area (Å²) >= 11 is 0. The van der Waals surface area contributed by atoms with Crippen LogP contribution in [-0.4, -0.2) is 52.3 Å². The Kier molecular flexibility index (Phi) is 6.96. The molecular formula is C29H36N2O6. The highest BCUT2D eigenvalue weighted by Gasteiger charge is 2.53. The molecule has 1 saturated heterocycles. The van der Waals surface area contributed by atoms with Gasteiger partial charge in [0.05, 0.1) is 6.10 Å². The third-order valence-corrected chi connectivity index (χ3v) is 9.43. The summed E-state index contributed by atoms with van der Waals surface area (Å²) in [6.07, 6.45) is 12.7. The fraction of sp³-hybridized carbons (Fsp3) is 0.586. The van der Waals surface area contributed by atoms with Crippen LogP contribution in [0.3, 0.4) is 0 Å². The van der Waals surface area contributed by atoms with Crippen LogP contribution in [0.25, 0.3) is 0 Å². The van der Waals surface area contributed by atoms with E-state index in [0.29, 0.717) is 24.2 Å². The van der Waals surface area contributed by atoms with E-state index in [1.807, 2.05) is 12.2 Å². The molecule has 2 amide bonds. The molecule has 198 valence electrons. The number of aliphatic hydroxyl groups is 2. The van der Waals surface area contributed by atoms with Gasteiger partial charge < -0.3 is 20.8 Å². The molecule has 2 aliphatic heterocycles. The van der Waals surface area contributed by atoms with Crippen molar-refractivity contribution in [2.45, 2.75) is 51.7 Å². The third-order valence-electron chi connectivity index (χ3n) is 9.43. The van der Waals surface area contributed by atoms with Crippen molar-refractivity contribution in [3.05, 3.63) is 47.8 Å².